The molecular formula is C112H136N16O20. The van der Waals surface area contributed by atoms with Crippen molar-refractivity contribution in [1.29, 1.82) is 0 Å². The van der Waals surface area contributed by atoms with Crippen molar-refractivity contribution >= 4 is 71.1 Å². The Morgan fingerprint density at radius 3 is 1.20 bits per heavy atom. The van der Waals surface area contributed by atoms with Crippen molar-refractivity contribution in [3.05, 3.63) is 248 Å². The number of rotatable bonds is 22. The van der Waals surface area contributed by atoms with Gasteiger partial charge in [-0.05, 0) is 194 Å². The lowest BCUT2D eigenvalue weighted by atomic mass is 9.85. The zero-order valence-corrected chi connectivity index (χ0v) is 85.9. The van der Waals surface area contributed by atoms with Gasteiger partial charge in [0.1, 0.15) is 64.9 Å². The molecule has 0 saturated carbocycles. The second kappa shape index (κ2) is 41.2. The molecule has 20 rings (SSSR count). The minimum atomic E-state index is -1.17. The van der Waals surface area contributed by atoms with Crippen LogP contribution in [0.1, 0.15) is 319 Å². The van der Waals surface area contributed by atoms with Gasteiger partial charge in [0.15, 0.2) is 40.6 Å². The van der Waals surface area contributed by atoms with Crippen molar-refractivity contribution in [1.82, 2.24) is 40.9 Å². The lowest BCUT2D eigenvalue weighted by Gasteiger charge is -2.42. The highest BCUT2D eigenvalue weighted by atomic mass is 16.5. The second-order valence-electron chi connectivity index (χ2n) is 42.2. The van der Waals surface area contributed by atoms with E-state index in [4.69, 9.17) is 66.3 Å². The molecule has 148 heavy (non-hydrogen) atoms. The Morgan fingerprint density at radius 2 is 0.750 bits per heavy atom. The van der Waals surface area contributed by atoms with Gasteiger partial charge in [0, 0.05) is 81.3 Å². The summed E-state index contributed by atoms with van der Waals surface area (Å²) in [4.78, 5) is 131. The first-order valence-electron chi connectivity index (χ1n) is 51.2. The summed E-state index contributed by atoms with van der Waals surface area (Å²) < 4.78 is 35.9. The van der Waals surface area contributed by atoms with Gasteiger partial charge in [0.25, 0.3) is 23.6 Å². The third kappa shape index (κ3) is 19.8. The van der Waals surface area contributed by atoms with Gasteiger partial charge in [-0.1, -0.05) is 133 Å². The Hall–Kier alpha value is -14.0. The lowest BCUT2D eigenvalue weighted by Crippen LogP contribution is -2.57. The number of nitrogens with one attached hydrogen (secondary N) is 4. The smallest absolute Gasteiger partial charge is 0.251 e. The number of ether oxygens (including phenoxy) is 6. The lowest BCUT2D eigenvalue weighted by molar-refractivity contribution is -0.136. The third-order valence-electron chi connectivity index (χ3n) is 32.0. The standard InChI is InChI=1S/4C28H34N4O5/c1-5-28(4)14-23(34)32(26(29)31-28)24-18-12-16(10-11-21(18)36-15-20(24)33)25(35)30-19-13-27(2,3)37-22-9-7-6-8-17(19)22;2*1-4-28(5-2)14-22(35)32(26(29)31-28)24-19-12-17(10-11-21(19)37-27(24,3)15-33)25(36)30-23-18-9-7-6-8-16(18)13-20(23)34;1-4-28(5-2)15-23(34)32(26(29)31-28)20-12-13-36-21-11-10-17(14-19(20)21)25(35)30-24-18-8-6-7-9-22(18)37-27(24,3)16-33/h6-12,19-20,24,33H,5,13-15H2,1-4H3,(H2,29,31)(H,30,35);2*6-12,20,23-24,33-34H,4-5,13-15H2,1-3H3,(H2,29,31)(H,30,36);6-11,14,20,24,33H,4-5,12-13,15-16H2,1-3H3,(H2,29,31)(H,30,35)/t19-,20?,24?,28-;2*20-,23-,24?,27?;20-,24?,27?/m0111/s1. The molecule has 36 nitrogen and oxygen atoms in total. The molecule has 0 bridgehead atoms. The van der Waals surface area contributed by atoms with Crippen LogP contribution >= 0.6 is 0 Å². The minimum Gasteiger partial charge on any atom is -0.493 e. The number of nitrogens with zero attached hydrogens (tertiary/aromatic N) is 8. The van der Waals surface area contributed by atoms with E-state index >= 15 is 0 Å². The summed E-state index contributed by atoms with van der Waals surface area (Å²) in [6.45, 7) is 24.4. The van der Waals surface area contributed by atoms with E-state index in [1.165, 1.54) is 14.7 Å². The number of nitrogens with two attached hydrogens (primary N) is 4. The second-order valence-corrected chi connectivity index (χ2v) is 42.2. The van der Waals surface area contributed by atoms with Crippen LogP contribution in [0.4, 0.5) is 0 Å². The van der Waals surface area contributed by atoms with Crippen molar-refractivity contribution in [2.75, 3.05) is 33.0 Å². The number of carbonyl (C=O) groups is 8. The molecule has 10 aliphatic heterocycles. The molecule has 8 unspecified atom stereocenters. The number of hydrogen-bond acceptors (Lipinski definition) is 28. The topological polar surface area (TPSA) is 528 Å². The van der Waals surface area contributed by atoms with Crippen molar-refractivity contribution < 1.29 is 97.4 Å². The Bertz CT molecular complexity index is 6440. The minimum absolute atomic E-state index is 0.000738. The SMILES string of the molecule is CCC1(CC)CC(=O)N(C2c3cc(C(=O)N[C@@H]4c5ccccc5C[C@H]4O)ccc3OC2(C)CO)C(N)=N1.CCC1(CC)CC(=O)N(C2c3cc(C(=O)N[C@@H]4c5ccccc5C[C@H]4O)ccc3OC2(C)CO)C(N)=N1.CCC1(CC)CC(=O)N([C@@H]2CCOc3ccc(C(=O)NC4c5ccccc5OC4(C)CO)cc32)C(N)=N1.CC[C@@]1(C)CC(=O)N(C2c3cc(C(=O)N[C@H]4CC(C)(C)Oc5ccccc54)ccc3OCC2O)C(N)=N1. The summed E-state index contributed by atoms with van der Waals surface area (Å²) in [5.41, 5.74) is 29.0. The van der Waals surface area contributed by atoms with Gasteiger partial charge in [-0.15, -0.1) is 0 Å². The van der Waals surface area contributed by atoms with Crippen LogP contribution in [0, 0.1) is 0 Å². The highest BCUT2D eigenvalue weighted by molar-refractivity contribution is 6.04. The number of aliphatic hydroxyl groups excluding tert-OH is 6. The number of para-hydroxylation sites is 2. The largest absolute Gasteiger partial charge is 0.493 e. The van der Waals surface area contributed by atoms with E-state index in [-0.39, 0.29) is 129 Å². The number of amides is 8. The number of benzene rings is 8. The third-order valence-corrected chi connectivity index (χ3v) is 32.0. The molecule has 12 aliphatic rings. The maximum Gasteiger partial charge on any atom is 0.251 e. The number of aliphatic imine (C=N–C) groups is 4. The highest BCUT2D eigenvalue weighted by Gasteiger charge is 2.57. The van der Waals surface area contributed by atoms with Crippen molar-refractivity contribution in [3.8, 4) is 34.5 Å². The Kier molecular flexibility index (Phi) is 29.3. The zero-order valence-electron chi connectivity index (χ0n) is 85.9. The number of aliphatic hydroxyl groups is 6. The quantitative estimate of drug-likeness (QED) is 0.0300. The Balaban J connectivity index is 0.000000135. The molecule has 18 N–H and O–H groups in total. The molecule has 0 aromatic heterocycles. The van der Waals surface area contributed by atoms with Gasteiger partial charge in [-0.25, -0.2) is 20.0 Å². The van der Waals surface area contributed by atoms with Crippen LogP contribution in [-0.4, -0.2) is 217 Å². The molecule has 0 radical (unpaired) electrons. The fraction of sp³-hybridized carbons (Fsp3) is 0.464. The van der Waals surface area contributed by atoms with Gasteiger partial charge in [0.2, 0.25) is 23.6 Å². The molecular weight excluding hydrogens is 1890 g/mol. The fourth-order valence-electron chi connectivity index (χ4n) is 22.8. The molecule has 8 amide bonds. The average Bonchev–Trinajstić information content (AvgIpc) is 1.56. The van der Waals surface area contributed by atoms with Crippen LogP contribution in [0.15, 0.2) is 190 Å². The number of carbonyl (C=O) groups excluding carboxylic acids is 8. The van der Waals surface area contributed by atoms with Gasteiger partial charge in [-0.3, -0.25) is 58.0 Å². The van der Waals surface area contributed by atoms with E-state index in [1.807, 2.05) is 166 Å². The molecule has 10 heterocycles. The Labute approximate surface area is 860 Å². The van der Waals surface area contributed by atoms with E-state index in [0.717, 1.165) is 57.5 Å². The van der Waals surface area contributed by atoms with Crippen LogP contribution in [-0.2, 0) is 32.0 Å². The molecule has 8 aromatic rings. The number of fused-ring (bicyclic) bond motifs is 8. The van der Waals surface area contributed by atoms with Crippen molar-refractivity contribution in [2.45, 2.75) is 298 Å². The van der Waals surface area contributed by atoms with Crippen LogP contribution in [0.5, 0.6) is 34.5 Å². The summed E-state index contributed by atoms with van der Waals surface area (Å²) in [5.74, 6) is 1.89. The molecule has 2 aliphatic carbocycles. The molecule has 0 fully saturated rings. The average molecular weight is 2030 g/mol. The van der Waals surface area contributed by atoms with Gasteiger partial charge < -0.3 is 103 Å². The van der Waals surface area contributed by atoms with Gasteiger partial charge in [0.05, 0.1) is 123 Å². The van der Waals surface area contributed by atoms with Crippen LogP contribution in [0.3, 0.4) is 0 Å². The highest BCUT2D eigenvalue weighted by Crippen LogP contribution is 2.54. The van der Waals surface area contributed by atoms with E-state index < -0.39 is 99.1 Å². The van der Waals surface area contributed by atoms with E-state index in [2.05, 4.69) is 26.3 Å². The number of guanidine groups is 4. The monoisotopic (exact) mass is 2030 g/mol. The number of hydrogen-bond donors (Lipinski definition) is 14. The van der Waals surface area contributed by atoms with Crippen LogP contribution in [0.2, 0.25) is 0 Å². The first kappa shape index (κ1) is 105. The maximum absolute atomic E-state index is 13.5. The predicted octanol–water partition coefficient (Wildman–Crippen LogP) is 11.2. The van der Waals surface area contributed by atoms with Gasteiger partial charge >= 0.3 is 0 Å². The summed E-state index contributed by atoms with van der Waals surface area (Å²) in [5, 5.41) is 74.8. The summed E-state index contributed by atoms with van der Waals surface area (Å²) in [6, 6.07) is 46.1. The fourth-order valence-corrected chi connectivity index (χ4v) is 22.8. The first-order chi connectivity index (χ1) is 70.5. The molecule has 36 heteroatoms. The summed E-state index contributed by atoms with van der Waals surface area (Å²) in [7, 11) is 0. The Morgan fingerprint density at radius 1 is 0.378 bits per heavy atom. The van der Waals surface area contributed by atoms with E-state index in [9.17, 15) is 69.0 Å². The van der Waals surface area contributed by atoms with Crippen LogP contribution < -0.4 is 72.6 Å². The molecule has 15 atom stereocenters. The van der Waals surface area contributed by atoms with Crippen LogP contribution in [0.25, 0.3) is 0 Å². The molecule has 8 aromatic carbocycles. The van der Waals surface area contributed by atoms with Crippen molar-refractivity contribution in [2.24, 2.45) is 42.9 Å². The van der Waals surface area contributed by atoms with E-state index in [1.54, 1.807) is 98.5 Å². The summed E-state index contributed by atoms with van der Waals surface area (Å²) >= 11 is 0. The normalized spacial score (nSPS) is 27.4. The van der Waals surface area contributed by atoms with E-state index in [0.29, 0.717) is 139 Å². The molecule has 0 spiro atoms. The first-order valence-corrected chi connectivity index (χ1v) is 51.2. The predicted molar refractivity (Wildman–Crippen MR) is 553 cm³/mol. The molecule has 784 valence electrons. The summed E-state index contributed by atoms with van der Waals surface area (Å²) in [6.07, 6.45) is 5.37. The molecule has 0 saturated heterocycles. The van der Waals surface area contributed by atoms with Crippen molar-refractivity contribution in [3.63, 3.8) is 0 Å². The maximum atomic E-state index is 13.5. The zero-order chi connectivity index (χ0) is 106. The van der Waals surface area contributed by atoms with Gasteiger partial charge in [-0.2, -0.15) is 0 Å².